The predicted molar refractivity (Wildman–Crippen MR) is 89.5 cm³/mol. The number of aryl methyl sites for hydroxylation is 1. The number of carbonyl (C=O) groups excluding carboxylic acids is 1. The monoisotopic (exact) mass is 354 g/mol. The number of anilines is 1. The van der Waals surface area contributed by atoms with Gasteiger partial charge in [-0.3, -0.25) is 4.79 Å². The van der Waals surface area contributed by atoms with Crippen LogP contribution >= 0.6 is 24.2 Å². The summed E-state index contributed by atoms with van der Waals surface area (Å²) < 4.78 is 29.4. The highest BCUT2D eigenvalue weighted by Crippen LogP contribution is 2.23. The van der Waals surface area contributed by atoms with Gasteiger partial charge in [-0.15, -0.1) is 12.4 Å². The molecule has 8 heteroatoms. The summed E-state index contributed by atoms with van der Waals surface area (Å²) in [7, 11) is 0. The second kappa shape index (κ2) is 10.6. The van der Waals surface area contributed by atoms with Crippen LogP contribution in [0, 0.1) is 6.92 Å². The van der Waals surface area contributed by atoms with Gasteiger partial charge in [0.25, 0.3) is 6.43 Å². The molecule has 0 spiro atoms. The van der Waals surface area contributed by atoms with E-state index in [4.69, 9.17) is 10.5 Å². The highest BCUT2D eigenvalue weighted by Gasteiger charge is 2.14. The van der Waals surface area contributed by atoms with E-state index in [1.165, 1.54) is 6.07 Å². The van der Waals surface area contributed by atoms with Crippen molar-refractivity contribution in [3.05, 3.63) is 23.8 Å². The fourth-order valence-electron chi connectivity index (χ4n) is 1.60. The van der Waals surface area contributed by atoms with Crippen molar-refractivity contribution in [3.8, 4) is 5.75 Å². The van der Waals surface area contributed by atoms with Gasteiger partial charge < -0.3 is 15.8 Å². The number of nitrogens with two attached hydrogens (primary N) is 1. The zero-order valence-electron chi connectivity index (χ0n) is 12.5. The molecule has 1 aromatic carbocycles. The maximum Gasteiger partial charge on any atom is 0.272 e. The average molecular weight is 355 g/mol. The minimum Gasteiger partial charge on any atom is -0.487 e. The number of thioether (sulfide) groups is 1. The molecule has 0 aromatic heterocycles. The highest BCUT2D eigenvalue weighted by molar-refractivity contribution is 7.98. The molecule has 1 aromatic rings. The van der Waals surface area contributed by atoms with Crippen molar-refractivity contribution in [2.24, 2.45) is 5.73 Å². The van der Waals surface area contributed by atoms with Crippen molar-refractivity contribution in [2.75, 3.05) is 23.9 Å². The van der Waals surface area contributed by atoms with Crippen LogP contribution in [0.3, 0.4) is 0 Å². The van der Waals surface area contributed by atoms with Gasteiger partial charge >= 0.3 is 0 Å². The Morgan fingerprint density at radius 1 is 1.45 bits per heavy atom. The molecular weight excluding hydrogens is 334 g/mol. The molecule has 0 unspecified atom stereocenters. The van der Waals surface area contributed by atoms with Gasteiger partial charge in [-0.25, -0.2) is 8.78 Å². The summed E-state index contributed by atoms with van der Waals surface area (Å²) in [5.74, 6) is 0.823. The summed E-state index contributed by atoms with van der Waals surface area (Å²) in [5.41, 5.74) is 6.97. The number of alkyl halides is 2. The largest absolute Gasteiger partial charge is 0.487 e. The topological polar surface area (TPSA) is 64.4 Å². The molecule has 3 N–H and O–H groups in total. The van der Waals surface area contributed by atoms with Crippen molar-refractivity contribution < 1.29 is 18.3 Å². The summed E-state index contributed by atoms with van der Waals surface area (Å²) in [6, 6.07) is 4.31. The Hall–Kier alpha value is -1.05. The number of hydrogen-bond donors (Lipinski definition) is 2. The maximum absolute atomic E-state index is 12.2. The van der Waals surface area contributed by atoms with E-state index in [1.807, 2.05) is 6.26 Å². The standard InChI is InChI=1S/C14H20F2N2O2S.ClH/c1-9-3-4-10(7-12(9)20-8-13(15)16)18-14(19)11(17)5-6-21-2;/h3-4,7,11,13H,5-6,8,17H2,1-2H3,(H,18,19);1H/t11-;/m0./s1. The molecule has 0 aliphatic heterocycles. The SMILES string of the molecule is CSCC[C@H](N)C(=O)Nc1ccc(C)c(OCC(F)F)c1.Cl. The summed E-state index contributed by atoms with van der Waals surface area (Å²) >= 11 is 1.62. The molecule has 0 fully saturated rings. The van der Waals surface area contributed by atoms with Crippen molar-refractivity contribution in [2.45, 2.75) is 25.8 Å². The first kappa shape index (κ1) is 20.9. The Morgan fingerprint density at radius 2 is 2.14 bits per heavy atom. The lowest BCUT2D eigenvalue weighted by molar-refractivity contribution is -0.117. The highest BCUT2D eigenvalue weighted by atomic mass is 35.5. The molecule has 0 aliphatic rings. The van der Waals surface area contributed by atoms with Crippen LogP contribution in [0.2, 0.25) is 0 Å². The van der Waals surface area contributed by atoms with Gasteiger partial charge in [0.2, 0.25) is 5.91 Å². The van der Waals surface area contributed by atoms with Gasteiger partial charge in [0, 0.05) is 11.8 Å². The molecule has 0 saturated carbocycles. The van der Waals surface area contributed by atoms with E-state index in [0.29, 0.717) is 17.9 Å². The predicted octanol–water partition coefficient (Wildman–Crippen LogP) is 3.08. The number of halogens is 3. The van der Waals surface area contributed by atoms with E-state index in [-0.39, 0.29) is 18.3 Å². The van der Waals surface area contributed by atoms with Gasteiger partial charge in [0.1, 0.15) is 12.4 Å². The number of hydrogen-bond acceptors (Lipinski definition) is 4. The normalized spacial score (nSPS) is 11.7. The molecule has 0 radical (unpaired) electrons. The molecule has 0 bridgehead atoms. The molecule has 0 saturated heterocycles. The van der Waals surface area contributed by atoms with E-state index in [1.54, 1.807) is 30.8 Å². The van der Waals surface area contributed by atoms with E-state index in [9.17, 15) is 13.6 Å². The van der Waals surface area contributed by atoms with Crippen LogP contribution in [0.1, 0.15) is 12.0 Å². The molecule has 0 heterocycles. The quantitative estimate of drug-likeness (QED) is 0.753. The summed E-state index contributed by atoms with van der Waals surface area (Å²) in [6.45, 7) is 1.07. The number of carbonyl (C=O) groups is 1. The van der Waals surface area contributed by atoms with Gasteiger partial charge in [-0.1, -0.05) is 6.07 Å². The van der Waals surface area contributed by atoms with E-state index in [2.05, 4.69) is 5.32 Å². The number of nitrogens with one attached hydrogen (secondary N) is 1. The Balaban J connectivity index is 0.00000441. The first-order valence-electron chi connectivity index (χ1n) is 6.51. The summed E-state index contributed by atoms with van der Waals surface area (Å²) in [4.78, 5) is 11.9. The Kier molecular flexibility index (Phi) is 10.1. The van der Waals surface area contributed by atoms with Crippen molar-refractivity contribution in [3.63, 3.8) is 0 Å². The van der Waals surface area contributed by atoms with Crippen molar-refractivity contribution in [1.29, 1.82) is 0 Å². The minimum atomic E-state index is -2.54. The zero-order valence-corrected chi connectivity index (χ0v) is 14.1. The molecule has 22 heavy (non-hydrogen) atoms. The maximum atomic E-state index is 12.2. The fraction of sp³-hybridized carbons (Fsp3) is 0.500. The molecule has 126 valence electrons. The summed E-state index contributed by atoms with van der Waals surface area (Å²) in [6.07, 6.45) is -0.0206. The molecule has 1 atom stereocenters. The van der Waals surface area contributed by atoms with E-state index < -0.39 is 19.1 Å². The second-order valence-corrected chi connectivity index (χ2v) is 5.55. The van der Waals surface area contributed by atoms with E-state index >= 15 is 0 Å². The molecular formula is C14H21ClF2N2O2S. The lowest BCUT2D eigenvalue weighted by Gasteiger charge is -2.14. The first-order chi connectivity index (χ1) is 9.93. The number of benzene rings is 1. The van der Waals surface area contributed by atoms with Crippen LogP contribution in [-0.4, -0.2) is 37.0 Å². The van der Waals surface area contributed by atoms with Gasteiger partial charge in [0.15, 0.2) is 0 Å². The summed E-state index contributed by atoms with van der Waals surface area (Å²) in [5, 5.41) is 2.67. The minimum absolute atomic E-state index is 0. The third-order valence-electron chi connectivity index (χ3n) is 2.79. The fourth-order valence-corrected chi connectivity index (χ4v) is 2.09. The number of rotatable bonds is 8. The number of amides is 1. The first-order valence-corrected chi connectivity index (χ1v) is 7.90. The van der Waals surface area contributed by atoms with Crippen LogP contribution in [0.15, 0.2) is 18.2 Å². The Morgan fingerprint density at radius 3 is 2.73 bits per heavy atom. The third kappa shape index (κ3) is 7.29. The van der Waals surface area contributed by atoms with Crippen molar-refractivity contribution in [1.82, 2.24) is 0 Å². The second-order valence-electron chi connectivity index (χ2n) is 4.56. The van der Waals surface area contributed by atoms with Gasteiger partial charge in [-0.05, 0) is 37.0 Å². The Labute approximate surface area is 139 Å². The van der Waals surface area contributed by atoms with Gasteiger partial charge in [-0.2, -0.15) is 11.8 Å². The van der Waals surface area contributed by atoms with Crippen LogP contribution in [0.5, 0.6) is 5.75 Å². The lowest BCUT2D eigenvalue weighted by Crippen LogP contribution is -2.36. The molecule has 1 amide bonds. The average Bonchev–Trinajstić information content (AvgIpc) is 2.44. The number of ether oxygens (including phenoxy) is 1. The molecule has 1 rings (SSSR count). The van der Waals surface area contributed by atoms with Crippen LogP contribution in [0.25, 0.3) is 0 Å². The zero-order chi connectivity index (χ0) is 15.8. The van der Waals surface area contributed by atoms with Crippen LogP contribution in [0.4, 0.5) is 14.5 Å². The van der Waals surface area contributed by atoms with Gasteiger partial charge in [0.05, 0.1) is 6.04 Å². The molecule has 4 nitrogen and oxygen atoms in total. The third-order valence-corrected chi connectivity index (χ3v) is 3.43. The molecule has 0 aliphatic carbocycles. The van der Waals surface area contributed by atoms with Crippen molar-refractivity contribution >= 4 is 35.8 Å². The van der Waals surface area contributed by atoms with Crippen LogP contribution < -0.4 is 15.8 Å². The van der Waals surface area contributed by atoms with E-state index in [0.717, 1.165) is 11.3 Å². The lowest BCUT2D eigenvalue weighted by atomic mass is 10.2. The van der Waals surface area contributed by atoms with Crippen LogP contribution in [-0.2, 0) is 4.79 Å². The Bertz CT molecular complexity index is 478. The smallest absolute Gasteiger partial charge is 0.272 e.